The molecule has 0 aliphatic carbocycles. The van der Waals surface area contributed by atoms with Crippen molar-refractivity contribution in [3.63, 3.8) is 0 Å². The summed E-state index contributed by atoms with van der Waals surface area (Å²) in [4.78, 5) is 15.1. The number of carbonyl (C=O) groups is 1. The van der Waals surface area contributed by atoms with Crippen LogP contribution >= 0.6 is 0 Å². The molecule has 2 aliphatic heterocycles. The zero-order valence-electron chi connectivity index (χ0n) is 21.3. The van der Waals surface area contributed by atoms with Crippen LogP contribution in [0.4, 0.5) is 10.1 Å². The highest BCUT2D eigenvalue weighted by atomic mass is 19.1. The second-order valence-corrected chi connectivity index (χ2v) is 10.2. The summed E-state index contributed by atoms with van der Waals surface area (Å²) in [5.74, 6) is -0.180. The van der Waals surface area contributed by atoms with Gasteiger partial charge in [-0.3, -0.25) is 4.79 Å². The molecule has 5 rings (SSSR count). The predicted octanol–water partition coefficient (Wildman–Crippen LogP) is 4.95. The summed E-state index contributed by atoms with van der Waals surface area (Å²) in [7, 11) is -0.550. The number of aliphatic hydroxyl groups is 1. The van der Waals surface area contributed by atoms with Crippen molar-refractivity contribution in [2.24, 2.45) is 5.92 Å². The summed E-state index contributed by atoms with van der Waals surface area (Å²) in [5.41, 5.74) is 3.05. The Kier molecular flexibility index (Phi) is 6.83. The number of hydrogen-bond acceptors (Lipinski definition) is 5. The monoisotopic (exact) mass is 510 g/mol. The van der Waals surface area contributed by atoms with Gasteiger partial charge in [0.1, 0.15) is 11.4 Å². The molecule has 3 aromatic rings. The van der Waals surface area contributed by atoms with Gasteiger partial charge in [-0.05, 0) is 79.7 Å². The van der Waals surface area contributed by atoms with E-state index in [-0.39, 0.29) is 23.7 Å². The van der Waals surface area contributed by atoms with E-state index < -0.39 is 18.8 Å². The Balaban J connectivity index is 1.38. The third-order valence-electron chi connectivity index (χ3n) is 7.37. The summed E-state index contributed by atoms with van der Waals surface area (Å²) in [6.45, 7) is 7.75. The number of nitrogens with zero attached hydrogens (tertiary/aromatic N) is 2. The summed E-state index contributed by atoms with van der Waals surface area (Å²) in [6.07, 6.45) is 0.0154. The second kappa shape index (κ2) is 10.1. The number of aliphatic hydroxyl groups excluding tert-OH is 1. The molecular weight excluding hydrogens is 482 g/mol. The Morgan fingerprint density at radius 3 is 2.34 bits per heavy atom. The number of halogens is 1. The van der Waals surface area contributed by atoms with Crippen LogP contribution in [0.15, 0.2) is 85.1 Å². The summed E-state index contributed by atoms with van der Waals surface area (Å²) in [5, 5.41) is 19.8. The molecule has 0 spiro atoms. The third kappa shape index (κ3) is 4.83. The third-order valence-corrected chi connectivity index (χ3v) is 7.37. The van der Waals surface area contributed by atoms with Crippen molar-refractivity contribution in [3.8, 4) is 6.07 Å². The first kappa shape index (κ1) is 25.7. The second-order valence-electron chi connectivity index (χ2n) is 10.2. The van der Waals surface area contributed by atoms with E-state index in [1.165, 1.54) is 12.1 Å². The molecule has 0 aromatic heterocycles. The number of benzene rings is 3. The predicted molar refractivity (Wildman–Crippen MR) is 143 cm³/mol. The molecule has 3 atom stereocenters. The van der Waals surface area contributed by atoms with Crippen molar-refractivity contribution in [2.75, 3.05) is 4.90 Å². The minimum atomic E-state index is -0.802. The maximum absolute atomic E-state index is 13.4. The van der Waals surface area contributed by atoms with Gasteiger partial charge in [0.15, 0.2) is 0 Å². The van der Waals surface area contributed by atoms with Crippen molar-refractivity contribution in [1.29, 1.82) is 5.26 Å². The van der Waals surface area contributed by atoms with Crippen LogP contribution in [0.5, 0.6) is 0 Å². The Bertz CT molecular complexity index is 1380. The van der Waals surface area contributed by atoms with Crippen molar-refractivity contribution in [2.45, 2.75) is 44.4 Å². The van der Waals surface area contributed by atoms with Gasteiger partial charge in [0.05, 0.1) is 35.5 Å². The van der Waals surface area contributed by atoms with E-state index in [0.29, 0.717) is 35.4 Å². The molecule has 8 heteroatoms. The van der Waals surface area contributed by atoms with Crippen LogP contribution in [0, 0.1) is 23.1 Å². The average Bonchev–Trinajstić information content (AvgIpc) is 3.19. The Hall–Kier alpha value is -3.93. The number of β-lactam (4-membered cyclic amide) rings is 1. The molecule has 1 amide bonds. The fourth-order valence-corrected chi connectivity index (χ4v) is 5.00. The van der Waals surface area contributed by atoms with Crippen LogP contribution in [0.2, 0.25) is 0 Å². The van der Waals surface area contributed by atoms with E-state index in [2.05, 4.69) is 12.6 Å². The normalized spacial score (nSPS) is 21.0. The highest BCUT2D eigenvalue weighted by Crippen LogP contribution is 2.46. The molecule has 2 saturated heterocycles. The van der Waals surface area contributed by atoms with Gasteiger partial charge in [0, 0.05) is 5.69 Å². The minimum absolute atomic E-state index is 0.0457. The van der Waals surface area contributed by atoms with Crippen LogP contribution in [-0.4, -0.2) is 23.7 Å². The van der Waals surface area contributed by atoms with Gasteiger partial charge in [0.25, 0.3) is 0 Å². The maximum Gasteiger partial charge on any atom is 0.563 e. The molecule has 192 valence electrons. The first-order valence-corrected chi connectivity index (χ1v) is 12.6. The Labute approximate surface area is 222 Å². The first-order valence-electron chi connectivity index (χ1n) is 12.6. The standard InChI is InChI=1S/C30H28BFN2O4/c1-19-30(2,3)38-31(37-19)23-10-6-22(7-11-23)28-26(16-17-27(35)21-8-12-24(32)13-9-21)29(36)34(28)25-14-4-20(18-33)5-15-25/h4-15,26-28,35H,1,16-17H2,2-3H3/t26-,27+,28-/m1/s1. The number of nitriles is 1. The molecule has 0 saturated carbocycles. The Morgan fingerprint density at radius 2 is 1.76 bits per heavy atom. The quantitative estimate of drug-likeness (QED) is 0.359. The van der Waals surface area contributed by atoms with Gasteiger partial charge in [0.2, 0.25) is 5.91 Å². The van der Waals surface area contributed by atoms with Gasteiger partial charge in [-0.2, -0.15) is 5.26 Å². The molecule has 3 aromatic carbocycles. The number of anilines is 1. The van der Waals surface area contributed by atoms with Crippen LogP contribution in [-0.2, 0) is 14.1 Å². The average molecular weight is 510 g/mol. The first-order chi connectivity index (χ1) is 18.2. The molecular formula is C30H28BFN2O4. The SMILES string of the molecule is C=C1OB(c2ccc([C@@H]3[C@@H](CC[C@H](O)c4ccc(F)cc4)C(=O)N3c3ccc(C#N)cc3)cc2)OC1(C)C. The lowest BCUT2D eigenvalue weighted by molar-refractivity contribution is -0.131. The molecule has 0 bridgehead atoms. The van der Waals surface area contributed by atoms with Gasteiger partial charge < -0.3 is 19.3 Å². The number of rotatable bonds is 7. The fraction of sp³-hybridized carbons (Fsp3) is 0.267. The van der Waals surface area contributed by atoms with E-state index in [1.807, 2.05) is 38.1 Å². The minimum Gasteiger partial charge on any atom is -0.534 e. The zero-order valence-corrected chi connectivity index (χ0v) is 21.3. The van der Waals surface area contributed by atoms with Gasteiger partial charge in [-0.25, -0.2) is 4.39 Å². The van der Waals surface area contributed by atoms with Crippen molar-refractivity contribution in [3.05, 3.63) is 108 Å². The van der Waals surface area contributed by atoms with Crippen molar-refractivity contribution in [1.82, 2.24) is 0 Å². The molecule has 0 radical (unpaired) electrons. The lowest BCUT2D eigenvalue weighted by Crippen LogP contribution is -2.55. The molecule has 38 heavy (non-hydrogen) atoms. The maximum atomic E-state index is 13.4. The van der Waals surface area contributed by atoms with E-state index in [0.717, 1.165) is 11.0 Å². The fourth-order valence-electron chi connectivity index (χ4n) is 5.00. The largest absolute Gasteiger partial charge is 0.563 e. The summed E-state index contributed by atoms with van der Waals surface area (Å²) >= 11 is 0. The highest BCUT2D eigenvalue weighted by molar-refractivity contribution is 6.62. The van der Waals surface area contributed by atoms with Gasteiger partial charge >= 0.3 is 7.12 Å². The number of carbonyl (C=O) groups excluding carboxylic acids is 1. The summed E-state index contributed by atoms with van der Waals surface area (Å²) < 4.78 is 25.1. The molecule has 2 aliphatic rings. The van der Waals surface area contributed by atoms with Crippen LogP contribution in [0.1, 0.15) is 55.5 Å². The van der Waals surface area contributed by atoms with E-state index in [9.17, 15) is 14.3 Å². The van der Waals surface area contributed by atoms with E-state index in [4.69, 9.17) is 14.6 Å². The molecule has 2 fully saturated rings. The molecule has 6 nitrogen and oxygen atoms in total. The van der Waals surface area contributed by atoms with Gasteiger partial charge in [-0.15, -0.1) is 0 Å². The van der Waals surface area contributed by atoms with Gasteiger partial charge in [-0.1, -0.05) is 43.0 Å². The van der Waals surface area contributed by atoms with Crippen molar-refractivity contribution < 1.29 is 23.6 Å². The smallest absolute Gasteiger partial charge is 0.534 e. The highest BCUT2D eigenvalue weighted by Gasteiger charge is 2.49. The van der Waals surface area contributed by atoms with E-state index in [1.54, 1.807) is 41.3 Å². The van der Waals surface area contributed by atoms with Crippen LogP contribution in [0.3, 0.4) is 0 Å². The zero-order chi connectivity index (χ0) is 27.0. The summed E-state index contributed by atoms with van der Waals surface area (Å²) in [6, 6.07) is 22.3. The lowest BCUT2D eigenvalue weighted by Gasteiger charge is -2.48. The molecule has 1 N–H and O–H groups in total. The lowest BCUT2D eigenvalue weighted by atomic mass is 9.75. The number of amides is 1. The number of hydrogen-bond donors (Lipinski definition) is 1. The molecule has 2 heterocycles. The Morgan fingerprint density at radius 1 is 1.11 bits per heavy atom. The van der Waals surface area contributed by atoms with Crippen LogP contribution in [0.25, 0.3) is 0 Å². The molecule has 0 unspecified atom stereocenters. The van der Waals surface area contributed by atoms with E-state index >= 15 is 0 Å². The van der Waals surface area contributed by atoms with Crippen molar-refractivity contribution >= 4 is 24.2 Å². The topological polar surface area (TPSA) is 82.8 Å². The van der Waals surface area contributed by atoms with Crippen LogP contribution < -0.4 is 10.4 Å².